The molecule has 0 bridgehead atoms. The van der Waals surface area contributed by atoms with Gasteiger partial charge >= 0.3 is 0 Å². The minimum atomic E-state index is -0.527. The summed E-state index contributed by atoms with van der Waals surface area (Å²) in [6, 6.07) is 16.0. The van der Waals surface area contributed by atoms with E-state index < -0.39 is 5.54 Å². The van der Waals surface area contributed by atoms with E-state index in [-0.39, 0.29) is 5.91 Å². The second-order valence-corrected chi connectivity index (χ2v) is 7.61. The van der Waals surface area contributed by atoms with Crippen molar-refractivity contribution in [2.24, 2.45) is 0 Å². The largest absolute Gasteiger partial charge is 0.324 e. The van der Waals surface area contributed by atoms with Crippen molar-refractivity contribution in [2.45, 2.75) is 38.3 Å². The highest BCUT2D eigenvalue weighted by atomic mass is 35.5. The van der Waals surface area contributed by atoms with E-state index in [1.165, 1.54) is 5.56 Å². The van der Waals surface area contributed by atoms with Crippen molar-refractivity contribution in [3.8, 4) is 0 Å². The van der Waals surface area contributed by atoms with E-state index >= 15 is 0 Å². The molecule has 1 fully saturated rings. The number of nitrogens with zero attached hydrogens (tertiary/aromatic N) is 1. The second-order valence-electron chi connectivity index (χ2n) is 7.20. The highest BCUT2D eigenvalue weighted by molar-refractivity contribution is 6.31. The summed E-state index contributed by atoms with van der Waals surface area (Å²) >= 11 is 6.29. The molecule has 27 heavy (non-hydrogen) atoms. The number of halogens is 1. The molecule has 1 aliphatic rings. The van der Waals surface area contributed by atoms with E-state index in [1.807, 2.05) is 37.4 Å². The van der Waals surface area contributed by atoms with E-state index in [1.54, 1.807) is 0 Å². The molecule has 3 rings (SSSR count). The molecule has 0 aliphatic carbocycles. The summed E-state index contributed by atoms with van der Waals surface area (Å²) in [5.41, 5.74) is 2.73. The molecule has 1 aliphatic heterocycles. The minimum absolute atomic E-state index is 0.0478. The third kappa shape index (κ3) is 4.70. The van der Waals surface area contributed by atoms with E-state index in [4.69, 9.17) is 11.6 Å². The van der Waals surface area contributed by atoms with Gasteiger partial charge in [-0.25, -0.2) is 0 Å². The maximum atomic E-state index is 13.0. The number of aryl methyl sites for hydroxylation is 1. The first kappa shape index (κ1) is 19.9. The number of hydrogen-bond acceptors (Lipinski definition) is 3. The quantitative estimate of drug-likeness (QED) is 0.787. The van der Waals surface area contributed by atoms with Crippen LogP contribution in [0, 0.1) is 0 Å². The molecule has 0 aromatic heterocycles. The summed E-state index contributed by atoms with van der Waals surface area (Å²) in [4.78, 5) is 15.3. The standard InChI is InChI=1S/C22H28ClN3O/c1-3-17-8-10-19(11-9-17)25-21(27)22(24-2)12-14-26(15-13-22)16-18-6-4-5-7-20(18)23/h4-11,24H,3,12-16H2,1-2H3,(H,25,27). The number of nitrogens with one attached hydrogen (secondary N) is 2. The Morgan fingerprint density at radius 1 is 1.11 bits per heavy atom. The van der Waals surface area contributed by atoms with Crippen molar-refractivity contribution in [3.05, 3.63) is 64.7 Å². The predicted molar refractivity (Wildman–Crippen MR) is 112 cm³/mol. The fourth-order valence-corrected chi connectivity index (χ4v) is 3.82. The Bertz CT molecular complexity index is 767. The first-order chi connectivity index (χ1) is 13.1. The third-order valence-corrected chi connectivity index (χ3v) is 5.96. The molecule has 0 unspecified atom stereocenters. The Hall–Kier alpha value is -1.88. The molecule has 2 N–H and O–H groups in total. The number of hydrogen-bond donors (Lipinski definition) is 2. The van der Waals surface area contributed by atoms with E-state index in [0.717, 1.165) is 55.2 Å². The van der Waals surface area contributed by atoms with Gasteiger partial charge in [-0.05, 0) is 55.6 Å². The Balaban J connectivity index is 1.61. The molecule has 5 heteroatoms. The van der Waals surface area contributed by atoms with Gasteiger partial charge in [0.25, 0.3) is 0 Å². The smallest absolute Gasteiger partial charge is 0.244 e. The van der Waals surface area contributed by atoms with E-state index in [9.17, 15) is 4.79 Å². The van der Waals surface area contributed by atoms with Gasteiger partial charge in [-0.15, -0.1) is 0 Å². The summed E-state index contributed by atoms with van der Waals surface area (Å²) in [6.45, 7) is 4.65. The van der Waals surface area contributed by atoms with E-state index in [2.05, 4.69) is 40.7 Å². The maximum absolute atomic E-state index is 13.0. The number of benzene rings is 2. The number of rotatable bonds is 6. The molecule has 0 radical (unpaired) electrons. The van der Waals surface area contributed by atoms with Gasteiger partial charge in [-0.3, -0.25) is 9.69 Å². The fraction of sp³-hybridized carbons (Fsp3) is 0.409. The molecule has 1 heterocycles. The topological polar surface area (TPSA) is 44.4 Å². The molecule has 2 aromatic carbocycles. The van der Waals surface area contributed by atoms with Crippen molar-refractivity contribution >= 4 is 23.2 Å². The fourth-order valence-electron chi connectivity index (χ4n) is 3.63. The monoisotopic (exact) mass is 385 g/mol. The molecule has 2 aromatic rings. The molecule has 1 amide bonds. The van der Waals surface area contributed by atoms with Crippen LogP contribution in [0.15, 0.2) is 48.5 Å². The van der Waals surface area contributed by atoms with Crippen molar-refractivity contribution in [1.29, 1.82) is 0 Å². The molecule has 0 atom stereocenters. The molecule has 1 saturated heterocycles. The van der Waals surface area contributed by atoms with Crippen molar-refractivity contribution in [3.63, 3.8) is 0 Å². The van der Waals surface area contributed by atoms with Gasteiger partial charge in [0, 0.05) is 30.3 Å². The van der Waals surface area contributed by atoms with Gasteiger partial charge in [0.05, 0.1) is 0 Å². The van der Waals surface area contributed by atoms with Crippen LogP contribution in [0.5, 0.6) is 0 Å². The lowest BCUT2D eigenvalue weighted by Gasteiger charge is -2.40. The molecule has 144 valence electrons. The highest BCUT2D eigenvalue weighted by Gasteiger charge is 2.40. The average Bonchev–Trinajstić information content (AvgIpc) is 2.71. The van der Waals surface area contributed by atoms with Crippen LogP contribution in [0.3, 0.4) is 0 Å². The average molecular weight is 386 g/mol. The highest BCUT2D eigenvalue weighted by Crippen LogP contribution is 2.26. The molecular weight excluding hydrogens is 358 g/mol. The lowest BCUT2D eigenvalue weighted by molar-refractivity contribution is -0.124. The van der Waals surface area contributed by atoms with Gasteiger partial charge in [-0.1, -0.05) is 48.9 Å². The zero-order valence-electron chi connectivity index (χ0n) is 16.1. The molecule has 0 saturated carbocycles. The zero-order chi connectivity index (χ0) is 19.3. The lowest BCUT2D eigenvalue weighted by Crippen LogP contribution is -2.59. The van der Waals surface area contributed by atoms with Crippen LogP contribution in [0.2, 0.25) is 5.02 Å². The van der Waals surface area contributed by atoms with Crippen LogP contribution in [0.1, 0.15) is 30.9 Å². The first-order valence-corrected chi connectivity index (χ1v) is 9.99. The number of amides is 1. The number of piperidine rings is 1. The Morgan fingerprint density at radius 3 is 2.37 bits per heavy atom. The van der Waals surface area contributed by atoms with Gasteiger partial charge in [0.2, 0.25) is 5.91 Å². The summed E-state index contributed by atoms with van der Waals surface area (Å²) < 4.78 is 0. The van der Waals surface area contributed by atoms with Gasteiger partial charge in [0.15, 0.2) is 0 Å². The Labute approximate surface area is 166 Å². The predicted octanol–water partition coefficient (Wildman–Crippen LogP) is 4.10. The van der Waals surface area contributed by atoms with Crippen molar-refractivity contribution in [1.82, 2.24) is 10.2 Å². The molecule has 4 nitrogen and oxygen atoms in total. The normalized spacial score (nSPS) is 16.9. The van der Waals surface area contributed by atoms with Gasteiger partial charge in [-0.2, -0.15) is 0 Å². The SMILES string of the molecule is CCc1ccc(NC(=O)C2(NC)CCN(Cc3ccccc3Cl)CC2)cc1. The van der Waals surface area contributed by atoms with Crippen molar-refractivity contribution in [2.75, 3.05) is 25.5 Å². The Morgan fingerprint density at radius 2 is 1.78 bits per heavy atom. The number of carbonyl (C=O) groups is 1. The summed E-state index contributed by atoms with van der Waals surface area (Å²) in [5, 5.41) is 7.18. The van der Waals surface area contributed by atoms with Crippen LogP contribution >= 0.6 is 11.6 Å². The van der Waals surface area contributed by atoms with Crippen LogP contribution in [0.4, 0.5) is 5.69 Å². The second kappa shape index (κ2) is 8.87. The minimum Gasteiger partial charge on any atom is -0.324 e. The molecule has 0 spiro atoms. The summed E-state index contributed by atoms with van der Waals surface area (Å²) in [5.74, 6) is 0.0478. The lowest BCUT2D eigenvalue weighted by atomic mass is 9.86. The van der Waals surface area contributed by atoms with Gasteiger partial charge < -0.3 is 10.6 Å². The van der Waals surface area contributed by atoms with Crippen LogP contribution in [0.25, 0.3) is 0 Å². The number of anilines is 1. The number of likely N-dealkylation sites (N-methyl/N-ethyl adjacent to an activating group) is 1. The number of likely N-dealkylation sites (tertiary alicyclic amines) is 1. The third-order valence-electron chi connectivity index (χ3n) is 5.59. The summed E-state index contributed by atoms with van der Waals surface area (Å²) in [7, 11) is 1.88. The van der Waals surface area contributed by atoms with Gasteiger partial charge in [0.1, 0.15) is 5.54 Å². The first-order valence-electron chi connectivity index (χ1n) is 9.61. The molecular formula is C22H28ClN3O. The van der Waals surface area contributed by atoms with Crippen LogP contribution in [-0.2, 0) is 17.8 Å². The number of carbonyl (C=O) groups excluding carboxylic acids is 1. The maximum Gasteiger partial charge on any atom is 0.244 e. The van der Waals surface area contributed by atoms with Crippen LogP contribution in [-0.4, -0.2) is 36.5 Å². The van der Waals surface area contributed by atoms with Crippen molar-refractivity contribution < 1.29 is 4.79 Å². The Kier molecular flexibility index (Phi) is 6.53. The zero-order valence-corrected chi connectivity index (χ0v) is 16.9. The summed E-state index contributed by atoms with van der Waals surface area (Å²) in [6.07, 6.45) is 2.54. The van der Waals surface area contributed by atoms with E-state index in [0.29, 0.717) is 0 Å². The van der Waals surface area contributed by atoms with Crippen LogP contribution < -0.4 is 10.6 Å².